The molecule has 132 valence electrons. The summed E-state index contributed by atoms with van der Waals surface area (Å²) in [6.45, 7) is 0.614. The molecule has 0 saturated carbocycles. The minimum atomic E-state index is -0.917. The summed E-state index contributed by atoms with van der Waals surface area (Å²) in [7, 11) is 0. The zero-order chi connectivity index (χ0) is 18.1. The molecule has 2 aromatic carbocycles. The van der Waals surface area contributed by atoms with E-state index in [1.54, 1.807) is 12.1 Å². The number of hydrogen-bond acceptors (Lipinski definition) is 3. The van der Waals surface area contributed by atoms with Crippen LogP contribution in [0.3, 0.4) is 0 Å². The van der Waals surface area contributed by atoms with Gasteiger partial charge in [-0.05, 0) is 29.7 Å². The van der Waals surface area contributed by atoms with Gasteiger partial charge in [0.15, 0.2) is 0 Å². The maximum atomic E-state index is 13.0. The summed E-state index contributed by atoms with van der Waals surface area (Å²) in [5, 5.41) is 8.76. The van der Waals surface area contributed by atoms with Gasteiger partial charge in [0.1, 0.15) is 12.4 Å². The van der Waals surface area contributed by atoms with Crippen LogP contribution in [0.25, 0.3) is 0 Å². The molecule has 0 radical (unpaired) electrons. The van der Waals surface area contributed by atoms with Gasteiger partial charge in [0, 0.05) is 19.5 Å². The van der Waals surface area contributed by atoms with Gasteiger partial charge in [-0.1, -0.05) is 42.5 Å². The van der Waals surface area contributed by atoms with Crippen molar-refractivity contribution in [3.8, 4) is 0 Å². The number of benzene rings is 2. The van der Waals surface area contributed by atoms with E-state index in [9.17, 15) is 14.0 Å². The van der Waals surface area contributed by atoms with Gasteiger partial charge in [0.2, 0.25) is 0 Å². The van der Waals surface area contributed by atoms with Crippen LogP contribution in [0.1, 0.15) is 24.0 Å². The molecule has 2 aromatic rings. The molecule has 6 heteroatoms. The number of hydrogen-bond donors (Lipinski definition) is 1. The van der Waals surface area contributed by atoms with Gasteiger partial charge in [-0.25, -0.2) is 9.18 Å². The summed E-state index contributed by atoms with van der Waals surface area (Å²) in [5.41, 5.74) is 1.61. The van der Waals surface area contributed by atoms with Crippen molar-refractivity contribution in [2.24, 2.45) is 0 Å². The molecule has 0 atom stereocenters. The number of rotatable bonds is 8. The van der Waals surface area contributed by atoms with Crippen molar-refractivity contribution >= 4 is 12.1 Å². The van der Waals surface area contributed by atoms with E-state index >= 15 is 0 Å². The van der Waals surface area contributed by atoms with Gasteiger partial charge in [0.25, 0.3) is 0 Å². The number of amides is 1. The van der Waals surface area contributed by atoms with Gasteiger partial charge < -0.3 is 14.7 Å². The summed E-state index contributed by atoms with van der Waals surface area (Å²) >= 11 is 0. The Morgan fingerprint density at radius 2 is 1.68 bits per heavy atom. The molecule has 0 saturated heterocycles. The number of nitrogens with zero attached hydrogens (tertiary/aromatic N) is 1. The van der Waals surface area contributed by atoms with Crippen LogP contribution in [-0.2, 0) is 22.7 Å². The number of carboxylic acids is 1. The van der Waals surface area contributed by atoms with E-state index in [-0.39, 0.29) is 31.9 Å². The third-order valence-electron chi connectivity index (χ3n) is 3.57. The summed E-state index contributed by atoms with van der Waals surface area (Å²) in [4.78, 5) is 24.5. The van der Waals surface area contributed by atoms with Crippen LogP contribution in [-0.4, -0.2) is 28.6 Å². The zero-order valence-corrected chi connectivity index (χ0v) is 13.7. The second-order valence-electron chi connectivity index (χ2n) is 5.59. The first-order valence-corrected chi connectivity index (χ1v) is 7.96. The van der Waals surface area contributed by atoms with Gasteiger partial charge in [-0.15, -0.1) is 0 Å². The molecule has 0 bridgehead atoms. The molecule has 5 nitrogen and oxygen atoms in total. The number of ether oxygens (including phenoxy) is 1. The van der Waals surface area contributed by atoms with E-state index in [1.807, 2.05) is 30.3 Å². The number of aliphatic carboxylic acids is 1. The number of carbonyl (C=O) groups is 2. The Bertz CT molecular complexity index is 688. The summed E-state index contributed by atoms with van der Waals surface area (Å²) in [6.07, 6.45) is -0.249. The second kappa shape index (κ2) is 9.42. The van der Waals surface area contributed by atoms with Crippen LogP contribution in [0.5, 0.6) is 0 Å². The minimum Gasteiger partial charge on any atom is -0.481 e. The monoisotopic (exact) mass is 345 g/mol. The van der Waals surface area contributed by atoms with E-state index in [0.29, 0.717) is 6.42 Å². The third kappa shape index (κ3) is 6.63. The standard InChI is InChI=1S/C19H20FNO4/c20-17-10-8-15(9-11-17)13-21(12-4-7-18(22)23)19(24)25-14-16-5-2-1-3-6-16/h1-3,5-6,8-11H,4,7,12-14H2,(H,22,23). The lowest BCUT2D eigenvalue weighted by molar-refractivity contribution is -0.137. The highest BCUT2D eigenvalue weighted by atomic mass is 19.1. The molecule has 0 aliphatic carbocycles. The first kappa shape index (κ1) is 18.4. The van der Waals surface area contributed by atoms with Crippen molar-refractivity contribution < 1.29 is 23.8 Å². The number of carbonyl (C=O) groups excluding carboxylic acids is 1. The largest absolute Gasteiger partial charge is 0.481 e. The van der Waals surface area contributed by atoms with E-state index in [2.05, 4.69) is 0 Å². The Balaban J connectivity index is 1.97. The second-order valence-corrected chi connectivity index (χ2v) is 5.59. The van der Waals surface area contributed by atoms with Crippen molar-refractivity contribution in [3.05, 3.63) is 71.5 Å². The molecule has 25 heavy (non-hydrogen) atoms. The summed E-state index contributed by atoms with van der Waals surface area (Å²) in [6, 6.07) is 15.1. The summed E-state index contributed by atoms with van der Waals surface area (Å²) in [5.74, 6) is -1.27. The van der Waals surface area contributed by atoms with Crippen LogP contribution >= 0.6 is 0 Å². The van der Waals surface area contributed by atoms with Crippen molar-refractivity contribution in [1.82, 2.24) is 4.90 Å². The summed E-state index contributed by atoms with van der Waals surface area (Å²) < 4.78 is 18.3. The fourth-order valence-electron chi connectivity index (χ4n) is 2.28. The van der Waals surface area contributed by atoms with Crippen LogP contribution < -0.4 is 0 Å². The van der Waals surface area contributed by atoms with Crippen molar-refractivity contribution in [2.45, 2.75) is 26.0 Å². The maximum Gasteiger partial charge on any atom is 0.410 e. The molecule has 1 N–H and O–H groups in total. The van der Waals surface area contributed by atoms with Crippen LogP contribution in [0, 0.1) is 5.82 Å². The van der Waals surface area contributed by atoms with Gasteiger partial charge in [0.05, 0.1) is 0 Å². The fraction of sp³-hybridized carbons (Fsp3) is 0.263. The Morgan fingerprint density at radius 3 is 2.32 bits per heavy atom. The molecular weight excluding hydrogens is 325 g/mol. The Hall–Kier alpha value is -2.89. The highest BCUT2D eigenvalue weighted by molar-refractivity contribution is 5.68. The highest BCUT2D eigenvalue weighted by Crippen LogP contribution is 2.11. The highest BCUT2D eigenvalue weighted by Gasteiger charge is 2.16. The van der Waals surface area contributed by atoms with Gasteiger partial charge >= 0.3 is 12.1 Å². The predicted octanol–water partition coefficient (Wildman–Crippen LogP) is 3.83. The van der Waals surface area contributed by atoms with Crippen LogP contribution in [0.2, 0.25) is 0 Å². The van der Waals surface area contributed by atoms with E-state index < -0.39 is 12.1 Å². The SMILES string of the molecule is O=C(O)CCCN(Cc1ccc(F)cc1)C(=O)OCc1ccccc1. The molecule has 0 fully saturated rings. The number of carboxylic acid groups (broad SMARTS) is 1. The first-order chi connectivity index (χ1) is 12.0. The normalized spacial score (nSPS) is 10.3. The average molecular weight is 345 g/mol. The Kier molecular flexibility index (Phi) is 6.95. The predicted molar refractivity (Wildman–Crippen MR) is 90.3 cm³/mol. The van der Waals surface area contributed by atoms with Crippen molar-refractivity contribution in [3.63, 3.8) is 0 Å². The van der Waals surface area contributed by atoms with Gasteiger partial charge in [-0.3, -0.25) is 4.79 Å². The average Bonchev–Trinajstić information content (AvgIpc) is 2.61. The first-order valence-electron chi connectivity index (χ1n) is 7.96. The van der Waals surface area contributed by atoms with E-state index in [0.717, 1.165) is 11.1 Å². The Labute approximate surface area is 145 Å². The maximum absolute atomic E-state index is 13.0. The Morgan fingerprint density at radius 1 is 1.00 bits per heavy atom. The van der Waals surface area contributed by atoms with E-state index in [1.165, 1.54) is 17.0 Å². The molecular formula is C19H20FNO4. The van der Waals surface area contributed by atoms with E-state index in [4.69, 9.17) is 9.84 Å². The third-order valence-corrected chi connectivity index (χ3v) is 3.57. The molecule has 0 aliphatic heterocycles. The minimum absolute atomic E-state index is 0.0358. The quantitative estimate of drug-likeness (QED) is 0.789. The van der Waals surface area contributed by atoms with Crippen molar-refractivity contribution in [2.75, 3.05) is 6.54 Å². The molecule has 1 amide bonds. The smallest absolute Gasteiger partial charge is 0.410 e. The van der Waals surface area contributed by atoms with Crippen LogP contribution in [0.4, 0.5) is 9.18 Å². The zero-order valence-electron chi connectivity index (χ0n) is 13.7. The lowest BCUT2D eigenvalue weighted by Crippen LogP contribution is -2.32. The molecule has 0 aromatic heterocycles. The van der Waals surface area contributed by atoms with Gasteiger partial charge in [-0.2, -0.15) is 0 Å². The van der Waals surface area contributed by atoms with Crippen LogP contribution in [0.15, 0.2) is 54.6 Å². The lowest BCUT2D eigenvalue weighted by Gasteiger charge is -2.22. The van der Waals surface area contributed by atoms with Crippen molar-refractivity contribution in [1.29, 1.82) is 0 Å². The molecule has 0 unspecified atom stereocenters. The number of halogens is 1. The molecule has 0 aliphatic rings. The molecule has 0 heterocycles. The lowest BCUT2D eigenvalue weighted by atomic mass is 10.2. The molecule has 0 spiro atoms. The fourth-order valence-corrected chi connectivity index (χ4v) is 2.28. The molecule has 2 rings (SSSR count). The topological polar surface area (TPSA) is 66.8 Å².